The zero-order chi connectivity index (χ0) is 11.6. The van der Waals surface area contributed by atoms with Crippen molar-refractivity contribution in [2.75, 3.05) is 5.32 Å². The average molecular weight is 250 g/mol. The van der Waals surface area contributed by atoms with Gasteiger partial charge in [-0.05, 0) is 12.1 Å². The van der Waals surface area contributed by atoms with E-state index < -0.39 is 12.1 Å². The number of halogens is 2. The lowest BCUT2D eigenvalue weighted by Gasteiger charge is -2.08. The topological polar surface area (TPSA) is 86.6 Å². The van der Waals surface area contributed by atoms with Crippen LogP contribution in [0.3, 0.4) is 0 Å². The number of carbonyl (C=O) groups is 2. The highest BCUT2D eigenvalue weighted by Crippen LogP contribution is 2.33. The van der Waals surface area contributed by atoms with Crippen molar-refractivity contribution in [3.05, 3.63) is 27.7 Å². The summed E-state index contributed by atoms with van der Waals surface area (Å²) in [5.41, 5.74) is -0.490. The number of nitrogens with one attached hydrogen (secondary N) is 1. The molecule has 0 heterocycles. The molecule has 7 heteroatoms. The van der Waals surface area contributed by atoms with Crippen molar-refractivity contribution in [2.24, 2.45) is 0 Å². The van der Waals surface area contributed by atoms with Crippen molar-refractivity contribution in [3.63, 3.8) is 0 Å². The summed E-state index contributed by atoms with van der Waals surface area (Å²) in [4.78, 5) is 21.1. The van der Waals surface area contributed by atoms with Crippen LogP contribution in [-0.2, 0) is 0 Å². The second-order valence-electron chi connectivity index (χ2n) is 2.52. The number of hydrogen-bond acceptors (Lipinski definition) is 2. The van der Waals surface area contributed by atoms with Crippen LogP contribution in [0.25, 0.3) is 0 Å². The molecule has 0 saturated heterocycles. The Bertz CT molecular complexity index is 433. The minimum atomic E-state index is -1.42. The van der Waals surface area contributed by atoms with Crippen LogP contribution in [0.15, 0.2) is 12.1 Å². The van der Waals surface area contributed by atoms with Crippen molar-refractivity contribution in [1.82, 2.24) is 0 Å². The molecule has 0 bridgehead atoms. The van der Waals surface area contributed by atoms with Crippen LogP contribution in [-0.4, -0.2) is 22.3 Å². The van der Waals surface area contributed by atoms with Crippen molar-refractivity contribution < 1.29 is 19.8 Å². The first-order chi connectivity index (χ1) is 6.93. The summed E-state index contributed by atoms with van der Waals surface area (Å²) in [7, 11) is 0. The molecule has 0 saturated carbocycles. The third kappa shape index (κ3) is 2.51. The SMILES string of the molecule is O=C(O)Nc1c(C(=O)O)ccc(Cl)c1Cl. The summed E-state index contributed by atoms with van der Waals surface area (Å²) >= 11 is 11.3. The number of aromatic carboxylic acids is 1. The molecule has 0 aliphatic rings. The predicted octanol–water partition coefficient (Wildman–Crippen LogP) is 2.78. The van der Waals surface area contributed by atoms with Crippen molar-refractivity contribution >= 4 is 41.0 Å². The first kappa shape index (κ1) is 11.6. The van der Waals surface area contributed by atoms with E-state index in [4.69, 9.17) is 33.4 Å². The van der Waals surface area contributed by atoms with E-state index >= 15 is 0 Å². The molecule has 1 amide bonds. The van der Waals surface area contributed by atoms with E-state index in [1.165, 1.54) is 12.1 Å². The predicted molar refractivity (Wildman–Crippen MR) is 55.1 cm³/mol. The third-order valence-corrected chi connectivity index (χ3v) is 2.36. The molecule has 15 heavy (non-hydrogen) atoms. The molecule has 0 aromatic heterocycles. The molecule has 0 unspecified atom stereocenters. The highest BCUT2D eigenvalue weighted by molar-refractivity contribution is 6.44. The maximum Gasteiger partial charge on any atom is 0.409 e. The van der Waals surface area contributed by atoms with Crippen molar-refractivity contribution in [3.8, 4) is 0 Å². The molecular weight excluding hydrogens is 245 g/mol. The van der Waals surface area contributed by atoms with Gasteiger partial charge in [0.05, 0.1) is 21.3 Å². The Kier molecular flexibility index (Phi) is 3.39. The lowest BCUT2D eigenvalue weighted by Crippen LogP contribution is -2.12. The van der Waals surface area contributed by atoms with Crippen LogP contribution >= 0.6 is 23.2 Å². The lowest BCUT2D eigenvalue weighted by molar-refractivity contribution is 0.0698. The Hall–Kier alpha value is -1.46. The van der Waals surface area contributed by atoms with E-state index in [-0.39, 0.29) is 21.3 Å². The average Bonchev–Trinajstić information content (AvgIpc) is 2.12. The molecular formula is C8H5Cl2NO4. The zero-order valence-corrected chi connectivity index (χ0v) is 8.63. The van der Waals surface area contributed by atoms with Gasteiger partial charge in [-0.3, -0.25) is 5.32 Å². The Morgan fingerprint density at radius 2 is 1.80 bits per heavy atom. The minimum Gasteiger partial charge on any atom is -0.478 e. The van der Waals surface area contributed by atoms with Crippen molar-refractivity contribution in [1.29, 1.82) is 0 Å². The maximum atomic E-state index is 10.7. The second kappa shape index (κ2) is 4.37. The van der Waals surface area contributed by atoms with Gasteiger partial charge in [0.2, 0.25) is 0 Å². The summed E-state index contributed by atoms with van der Waals surface area (Å²) in [6.07, 6.45) is -1.42. The number of carboxylic acid groups (broad SMARTS) is 2. The standard InChI is InChI=1S/C8H5Cl2NO4/c9-4-2-1-3(7(12)13)6(5(4)10)11-8(14)15/h1-2,11H,(H,12,13)(H,14,15). The molecule has 1 aromatic carbocycles. The Balaban J connectivity index is 3.34. The van der Waals surface area contributed by atoms with Gasteiger partial charge in [-0.15, -0.1) is 0 Å². The zero-order valence-electron chi connectivity index (χ0n) is 7.12. The number of benzene rings is 1. The van der Waals surface area contributed by atoms with E-state index in [1.54, 1.807) is 0 Å². The van der Waals surface area contributed by atoms with E-state index in [1.807, 2.05) is 5.32 Å². The molecule has 0 radical (unpaired) electrons. The normalized spacial score (nSPS) is 9.73. The lowest BCUT2D eigenvalue weighted by atomic mass is 10.2. The van der Waals surface area contributed by atoms with Gasteiger partial charge in [-0.25, -0.2) is 9.59 Å². The fourth-order valence-corrected chi connectivity index (χ4v) is 1.33. The summed E-state index contributed by atoms with van der Waals surface area (Å²) in [6, 6.07) is 2.45. The molecule has 0 fully saturated rings. The van der Waals surface area contributed by atoms with E-state index in [0.717, 1.165) is 0 Å². The van der Waals surface area contributed by atoms with Gasteiger partial charge in [0.1, 0.15) is 0 Å². The van der Waals surface area contributed by atoms with E-state index in [9.17, 15) is 9.59 Å². The molecule has 3 N–H and O–H groups in total. The Labute approximate surface area is 94.2 Å². The summed E-state index contributed by atoms with van der Waals surface area (Å²) in [6.45, 7) is 0. The van der Waals surface area contributed by atoms with Gasteiger partial charge < -0.3 is 10.2 Å². The maximum absolute atomic E-state index is 10.7. The summed E-state index contributed by atoms with van der Waals surface area (Å²) in [5.74, 6) is -1.29. The molecule has 1 aromatic rings. The fourth-order valence-electron chi connectivity index (χ4n) is 0.958. The molecule has 0 aliphatic heterocycles. The van der Waals surface area contributed by atoms with Crippen LogP contribution in [0, 0.1) is 0 Å². The van der Waals surface area contributed by atoms with E-state index in [0.29, 0.717) is 0 Å². The van der Waals surface area contributed by atoms with Crippen molar-refractivity contribution in [2.45, 2.75) is 0 Å². The minimum absolute atomic E-state index is 0.0745. The van der Waals surface area contributed by atoms with Crippen LogP contribution < -0.4 is 5.32 Å². The molecule has 0 spiro atoms. The number of carboxylic acids is 1. The first-order valence-electron chi connectivity index (χ1n) is 3.64. The van der Waals surface area contributed by atoms with Gasteiger partial charge in [-0.2, -0.15) is 0 Å². The smallest absolute Gasteiger partial charge is 0.409 e. The second-order valence-corrected chi connectivity index (χ2v) is 3.30. The monoisotopic (exact) mass is 249 g/mol. The van der Waals surface area contributed by atoms with Crippen LogP contribution in [0.5, 0.6) is 0 Å². The fraction of sp³-hybridized carbons (Fsp3) is 0. The highest BCUT2D eigenvalue weighted by atomic mass is 35.5. The number of amides is 1. The quantitative estimate of drug-likeness (QED) is 0.753. The Morgan fingerprint density at radius 3 is 2.27 bits per heavy atom. The molecule has 1 rings (SSSR count). The van der Waals surface area contributed by atoms with Crippen LogP contribution in [0.4, 0.5) is 10.5 Å². The number of anilines is 1. The summed E-state index contributed by atoms with van der Waals surface area (Å²) < 4.78 is 0. The van der Waals surface area contributed by atoms with E-state index in [2.05, 4.69) is 0 Å². The largest absolute Gasteiger partial charge is 0.478 e. The summed E-state index contributed by atoms with van der Waals surface area (Å²) in [5, 5.41) is 19.1. The van der Waals surface area contributed by atoms with Gasteiger partial charge in [0, 0.05) is 0 Å². The molecule has 80 valence electrons. The number of rotatable bonds is 2. The van der Waals surface area contributed by atoms with Gasteiger partial charge in [-0.1, -0.05) is 23.2 Å². The van der Waals surface area contributed by atoms with Crippen LogP contribution in [0.2, 0.25) is 10.0 Å². The van der Waals surface area contributed by atoms with Gasteiger partial charge >= 0.3 is 12.1 Å². The molecule has 5 nitrogen and oxygen atoms in total. The van der Waals surface area contributed by atoms with Gasteiger partial charge in [0.15, 0.2) is 0 Å². The third-order valence-electron chi connectivity index (χ3n) is 1.56. The first-order valence-corrected chi connectivity index (χ1v) is 4.40. The molecule has 0 atom stereocenters. The number of hydrogen-bond donors (Lipinski definition) is 3. The van der Waals surface area contributed by atoms with Crippen LogP contribution in [0.1, 0.15) is 10.4 Å². The Morgan fingerprint density at radius 1 is 1.20 bits per heavy atom. The highest BCUT2D eigenvalue weighted by Gasteiger charge is 2.17. The molecule has 0 aliphatic carbocycles. The van der Waals surface area contributed by atoms with Gasteiger partial charge in [0.25, 0.3) is 0 Å².